The van der Waals surface area contributed by atoms with Gasteiger partial charge in [0.1, 0.15) is 16.9 Å². The van der Waals surface area contributed by atoms with Gasteiger partial charge in [0.25, 0.3) is 0 Å². The SMILES string of the molecule is O=C(O)c1cccc2nnn(-c3ccc(F)c(Cl)c3)c12. The van der Waals surface area contributed by atoms with Crippen LogP contribution >= 0.6 is 11.6 Å². The minimum atomic E-state index is -1.09. The average Bonchev–Trinajstić information content (AvgIpc) is 2.85. The Kier molecular flexibility index (Phi) is 2.87. The summed E-state index contributed by atoms with van der Waals surface area (Å²) >= 11 is 5.73. The molecule has 0 spiro atoms. The second kappa shape index (κ2) is 4.57. The minimum absolute atomic E-state index is 0.0629. The molecule has 0 saturated carbocycles. The average molecular weight is 292 g/mol. The van der Waals surface area contributed by atoms with E-state index >= 15 is 0 Å². The Morgan fingerprint density at radius 1 is 1.30 bits per heavy atom. The molecule has 0 aliphatic heterocycles. The summed E-state index contributed by atoms with van der Waals surface area (Å²) in [6, 6.07) is 8.70. The van der Waals surface area contributed by atoms with Crippen LogP contribution in [0.1, 0.15) is 10.4 Å². The van der Waals surface area contributed by atoms with Gasteiger partial charge in [0, 0.05) is 0 Å². The number of fused-ring (bicyclic) bond motifs is 1. The van der Waals surface area contributed by atoms with E-state index in [0.717, 1.165) is 0 Å². The van der Waals surface area contributed by atoms with E-state index in [1.54, 1.807) is 12.1 Å². The first-order chi connectivity index (χ1) is 9.58. The maximum absolute atomic E-state index is 13.2. The highest BCUT2D eigenvalue weighted by atomic mass is 35.5. The van der Waals surface area contributed by atoms with Crippen molar-refractivity contribution in [3.63, 3.8) is 0 Å². The van der Waals surface area contributed by atoms with Gasteiger partial charge in [-0.3, -0.25) is 0 Å². The largest absolute Gasteiger partial charge is 0.478 e. The Morgan fingerprint density at radius 2 is 2.10 bits per heavy atom. The summed E-state index contributed by atoms with van der Waals surface area (Å²) in [5.41, 5.74) is 1.27. The Balaban J connectivity index is 2.31. The fraction of sp³-hybridized carbons (Fsp3) is 0. The molecule has 1 N–H and O–H groups in total. The number of hydrogen-bond donors (Lipinski definition) is 1. The lowest BCUT2D eigenvalue weighted by Gasteiger charge is -2.05. The monoisotopic (exact) mass is 291 g/mol. The third-order valence-corrected chi connectivity index (χ3v) is 3.14. The van der Waals surface area contributed by atoms with Crippen LogP contribution in [0.5, 0.6) is 0 Å². The van der Waals surface area contributed by atoms with Crippen LogP contribution in [0.3, 0.4) is 0 Å². The molecule has 0 radical (unpaired) electrons. The lowest BCUT2D eigenvalue weighted by Crippen LogP contribution is -2.03. The van der Waals surface area contributed by atoms with Crippen molar-refractivity contribution in [1.82, 2.24) is 15.0 Å². The van der Waals surface area contributed by atoms with Crippen molar-refractivity contribution in [2.45, 2.75) is 0 Å². The van der Waals surface area contributed by atoms with Crippen LogP contribution in [0, 0.1) is 5.82 Å². The second-order valence-corrected chi connectivity index (χ2v) is 4.49. The molecular weight excluding hydrogens is 285 g/mol. The number of aromatic carboxylic acids is 1. The zero-order chi connectivity index (χ0) is 14.3. The number of benzene rings is 2. The minimum Gasteiger partial charge on any atom is -0.478 e. The number of halogens is 2. The van der Waals surface area contributed by atoms with E-state index in [-0.39, 0.29) is 10.6 Å². The van der Waals surface area contributed by atoms with Gasteiger partial charge in [-0.05, 0) is 30.3 Å². The zero-order valence-corrected chi connectivity index (χ0v) is 10.7. The molecule has 0 saturated heterocycles. The van der Waals surface area contributed by atoms with Crippen LogP contribution in [-0.2, 0) is 0 Å². The number of para-hydroxylation sites is 1. The molecule has 0 atom stereocenters. The molecule has 0 unspecified atom stereocenters. The van der Waals surface area contributed by atoms with Crippen LogP contribution in [0.2, 0.25) is 5.02 Å². The first-order valence-corrected chi connectivity index (χ1v) is 5.99. The van der Waals surface area contributed by atoms with Crippen molar-refractivity contribution >= 4 is 28.6 Å². The molecule has 2 aromatic carbocycles. The Labute approximate surface area is 117 Å². The number of hydrogen-bond acceptors (Lipinski definition) is 3. The van der Waals surface area contributed by atoms with Crippen molar-refractivity contribution in [2.24, 2.45) is 0 Å². The summed E-state index contributed by atoms with van der Waals surface area (Å²) in [4.78, 5) is 11.3. The van der Waals surface area contributed by atoms with E-state index in [9.17, 15) is 14.3 Å². The molecule has 100 valence electrons. The van der Waals surface area contributed by atoms with E-state index < -0.39 is 11.8 Å². The van der Waals surface area contributed by atoms with E-state index in [1.807, 2.05) is 0 Å². The van der Waals surface area contributed by atoms with Crippen LogP contribution in [0.15, 0.2) is 36.4 Å². The van der Waals surface area contributed by atoms with Crippen molar-refractivity contribution in [3.8, 4) is 5.69 Å². The molecule has 1 aromatic heterocycles. The van der Waals surface area contributed by atoms with E-state index in [2.05, 4.69) is 10.3 Å². The van der Waals surface area contributed by atoms with E-state index in [4.69, 9.17) is 11.6 Å². The summed E-state index contributed by atoms with van der Waals surface area (Å²) < 4.78 is 14.5. The van der Waals surface area contributed by atoms with Crippen molar-refractivity contribution in [1.29, 1.82) is 0 Å². The number of nitrogens with zero attached hydrogens (tertiary/aromatic N) is 3. The van der Waals surface area contributed by atoms with Crippen molar-refractivity contribution < 1.29 is 14.3 Å². The Morgan fingerprint density at radius 3 is 2.80 bits per heavy atom. The highest BCUT2D eigenvalue weighted by Crippen LogP contribution is 2.23. The van der Waals surface area contributed by atoms with Gasteiger partial charge < -0.3 is 5.11 Å². The zero-order valence-electron chi connectivity index (χ0n) is 9.92. The predicted octanol–water partition coefficient (Wildman–Crippen LogP) is 2.91. The fourth-order valence-corrected chi connectivity index (χ4v) is 2.12. The van der Waals surface area contributed by atoms with E-state index in [0.29, 0.717) is 16.7 Å². The normalized spacial score (nSPS) is 10.9. The highest BCUT2D eigenvalue weighted by molar-refractivity contribution is 6.30. The van der Waals surface area contributed by atoms with Crippen LogP contribution in [0.4, 0.5) is 4.39 Å². The van der Waals surface area contributed by atoms with Crippen molar-refractivity contribution in [2.75, 3.05) is 0 Å². The highest BCUT2D eigenvalue weighted by Gasteiger charge is 2.16. The molecular formula is C13H7ClFN3O2. The summed E-state index contributed by atoms with van der Waals surface area (Å²) in [5, 5.41) is 17.0. The van der Waals surface area contributed by atoms with Crippen molar-refractivity contribution in [3.05, 3.63) is 52.8 Å². The second-order valence-electron chi connectivity index (χ2n) is 4.08. The van der Waals surface area contributed by atoms with Gasteiger partial charge in [-0.25, -0.2) is 13.9 Å². The molecule has 1 heterocycles. The summed E-state index contributed by atoms with van der Waals surface area (Å²) in [6.45, 7) is 0. The van der Waals surface area contributed by atoms with Gasteiger partial charge >= 0.3 is 5.97 Å². The van der Waals surface area contributed by atoms with Crippen LogP contribution in [-0.4, -0.2) is 26.1 Å². The number of rotatable bonds is 2. The smallest absolute Gasteiger partial charge is 0.337 e. The molecule has 20 heavy (non-hydrogen) atoms. The first kappa shape index (κ1) is 12.6. The van der Waals surface area contributed by atoms with Gasteiger partial charge in [-0.15, -0.1) is 5.10 Å². The van der Waals surface area contributed by atoms with Crippen LogP contribution in [0.25, 0.3) is 16.7 Å². The molecule has 0 aliphatic rings. The maximum atomic E-state index is 13.2. The topological polar surface area (TPSA) is 68.0 Å². The third-order valence-electron chi connectivity index (χ3n) is 2.85. The third kappa shape index (κ3) is 1.90. The summed E-state index contributed by atoms with van der Waals surface area (Å²) in [7, 11) is 0. The number of carboxylic acid groups (broad SMARTS) is 1. The molecule has 0 amide bonds. The fourth-order valence-electron chi connectivity index (χ4n) is 1.94. The van der Waals surface area contributed by atoms with E-state index in [1.165, 1.54) is 28.9 Å². The summed E-state index contributed by atoms with van der Waals surface area (Å²) in [5.74, 6) is -1.65. The molecule has 3 aromatic rings. The molecule has 7 heteroatoms. The number of aromatic nitrogens is 3. The van der Waals surface area contributed by atoms with Gasteiger partial charge in [-0.2, -0.15) is 0 Å². The Bertz CT molecular complexity index is 832. The van der Waals surface area contributed by atoms with Gasteiger partial charge in [0.2, 0.25) is 0 Å². The molecule has 3 rings (SSSR count). The number of carbonyl (C=O) groups is 1. The quantitative estimate of drug-likeness (QED) is 0.788. The molecule has 0 aliphatic carbocycles. The maximum Gasteiger partial charge on any atom is 0.337 e. The van der Waals surface area contributed by atoms with Gasteiger partial charge in [0.05, 0.1) is 16.3 Å². The molecule has 0 fully saturated rings. The van der Waals surface area contributed by atoms with Gasteiger partial charge in [0.15, 0.2) is 0 Å². The lowest BCUT2D eigenvalue weighted by atomic mass is 10.2. The molecule has 5 nitrogen and oxygen atoms in total. The van der Waals surface area contributed by atoms with Gasteiger partial charge in [-0.1, -0.05) is 22.9 Å². The summed E-state index contributed by atoms with van der Waals surface area (Å²) in [6.07, 6.45) is 0. The first-order valence-electron chi connectivity index (χ1n) is 5.61. The Hall–Kier alpha value is -2.47. The number of carboxylic acids is 1. The standard InChI is InChI=1S/C13H7ClFN3O2/c14-9-6-7(4-5-10(9)15)18-12-8(13(19)20)2-1-3-11(12)16-17-18/h1-6H,(H,19,20). The predicted molar refractivity (Wildman–Crippen MR) is 70.8 cm³/mol. The lowest BCUT2D eigenvalue weighted by molar-refractivity contribution is 0.0698. The molecule has 0 bridgehead atoms. The van der Waals surface area contributed by atoms with Crippen LogP contribution < -0.4 is 0 Å².